The molecule has 2 aliphatic carbocycles. The van der Waals surface area contributed by atoms with E-state index in [4.69, 9.17) is 0 Å². The van der Waals surface area contributed by atoms with Crippen LogP contribution < -0.4 is 5.32 Å². The minimum absolute atomic E-state index is 0.596. The summed E-state index contributed by atoms with van der Waals surface area (Å²) in [7, 11) is 0. The third kappa shape index (κ3) is 2.88. The van der Waals surface area contributed by atoms with Gasteiger partial charge in [0, 0.05) is 18.2 Å². The lowest BCUT2D eigenvalue weighted by Gasteiger charge is -2.09. The predicted molar refractivity (Wildman–Crippen MR) is 91.5 cm³/mol. The minimum atomic E-state index is 0.596. The van der Waals surface area contributed by atoms with Gasteiger partial charge in [-0.2, -0.15) is 5.10 Å². The van der Waals surface area contributed by atoms with Crippen LogP contribution in [0.4, 0.5) is 5.82 Å². The van der Waals surface area contributed by atoms with Gasteiger partial charge in [-0.05, 0) is 50.8 Å². The molecule has 2 fully saturated rings. The first-order valence-electron chi connectivity index (χ1n) is 8.82. The molecular formula is C17H20N8. The lowest BCUT2D eigenvalue weighted by Crippen LogP contribution is -2.11. The Morgan fingerprint density at radius 2 is 1.92 bits per heavy atom. The zero-order valence-corrected chi connectivity index (χ0v) is 14.1. The van der Waals surface area contributed by atoms with Crippen molar-refractivity contribution < 1.29 is 0 Å². The highest BCUT2D eigenvalue weighted by Crippen LogP contribution is 2.44. The number of anilines is 1. The van der Waals surface area contributed by atoms with Crippen LogP contribution in [0.5, 0.6) is 0 Å². The monoisotopic (exact) mass is 336 g/mol. The van der Waals surface area contributed by atoms with E-state index in [1.165, 1.54) is 31.5 Å². The van der Waals surface area contributed by atoms with Gasteiger partial charge < -0.3 is 9.88 Å². The number of nitrogens with one attached hydrogen (secondary N) is 1. The molecule has 128 valence electrons. The Bertz CT molecular complexity index is 886. The maximum Gasteiger partial charge on any atom is 0.175 e. The molecule has 0 aromatic carbocycles. The standard InChI is InChI=1S/C17H20N8/c1-11-8-9-24(23-11)15-7-6-14(19-20-15)18-10-16-21-22-17(12-2-3-12)25(16)13-4-5-13/h6-9,12-13H,2-5,10H2,1H3,(H,18,19). The van der Waals surface area contributed by atoms with E-state index in [1.54, 1.807) is 4.68 Å². The summed E-state index contributed by atoms with van der Waals surface area (Å²) in [6, 6.07) is 6.36. The molecule has 3 heterocycles. The lowest BCUT2D eigenvalue weighted by atomic mass is 10.3. The topological polar surface area (TPSA) is 86.3 Å². The fourth-order valence-electron chi connectivity index (χ4n) is 3.06. The van der Waals surface area contributed by atoms with Crippen LogP contribution in [0.3, 0.4) is 0 Å². The average molecular weight is 336 g/mol. The summed E-state index contributed by atoms with van der Waals surface area (Å²) < 4.78 is 4.07. The van der Waals surface area contributed by atoms with Crippen molar-refractivity contribution in [3.05, 3.63) is 41.7 Å². The number of nitrogens with zero attached hydrogens (tertiary/aromatic N) is 7. The van der Waals surface area contributed by atoms with Crippen molar-refractivity contribution in [3.8, 4) is 5.82 Å². The Labute approximate surface area is 145 Å². The van der Waals surface area contributed by atoms with Crippen LogP contribution >= 0.6 is 0 Å². The van der Waals surface area contributed by atoms with E-state index in [1.807, 2.05) is 31.3 Å². The van der Waals surface area contributed by atoms with Crippen molar-refractivity contribution in [2.24, 2.45) is 0 Å². The van der Waals surface area contributed by atoms with E-state index in [-0.39, 0.29) is 0 Å². The first-order chi connectivity index (χ1) is 12.3. The Balaban J connectivity index is 1.30. The summed E-state index contributed by atoms with van der Waals surface area (Å²) >= 11 is 0. The molecule has 8 nitrogen and oxygen atoms in total. The van der Waals surface area contributed by atoms with Crippen LogP contribution in [-0.2, 0) is 6.54 Å². The van der Waals surface area contributed by atoms with E-state index < -0.39 is 0 Å². The van der Waals surface area contributed by atoms with Gasteiger partial charge in [0.05, 0.1) is 12.2 Å². The highest BCUT2D eigenvalue weighted by atomic mass is 15.4. The van der Waals surface area contributed by atoms with Gasteiger partial charge >= 0.3 is 0 Å². The zero-order valence-electron chi connectivity index (χ0n) is 14.1. The maximum absolute atomic E-state index is 4.43. The fourth-order valence-corrected chi connectivity index (χ4v) is 3.06. The molecule has 0 amide bonds. The van der Waals surface area contributed by atoms with Gasteiger partial charge in [-0.1, -0.05) is 0 Å². The molecular weight excluding hydrogens is 316 g/mol. The highest BCUT2D eigenvalue weighted by molar-refractivity contribution is 5.36. The van der Waals surface area contributed by atoms with Crippen LogP contribution in [0, 0.1) is 6.92 Å². The van der Waals surface area contributed by atoms with Crippen molar-refractivity contribution in [3.63, 3.8) is 0 Å². The second-order valence-electron chi connectivity index (χ2n) is 6.88. The lowest BCUT2D eigenvalue weighted by molar-refractivity contribution is 0.650. The molecule has 2 aliphatic rings. The van der Waals surface area contributed by atoms with Crippen molar-refractivity contribution in [1.29, 1.82) is 0 Å². The third-order valence-electron chi connectivity index (χ3n) is 4.68. The predicted octanol–water partition coefficient (Wildman–Crippen LogP) is 2.39. The molecule has 0 spiro atoms. The normalized spacial score (nSPS) is 17.0. The van der Waals surface area contributed by atoms with Gasteiger partial charge in [0.25, 0.3) is 0 Å². The van der Waals surface area contributed by atoms with Gasteiger partial charge in [0.15, 0.2) is 11.6 Å². The molecule has 0 bridgehead atoms. The molecule has 3 aromatic heterocycles. The Kier molecular flexibility index (Phi) is 3.29. The molecule has 2 saturated carbocycles. The quantitative estimate of drug-likeness (QED) is 0.744. The van der Waals surface area contributed by atoms with E-state index in [2.05, 4.69) is 35.4 Å². The number of aromatic nitrogens is 7. The fraction of sp³-hybridized carbons (Fsp3) is 0.471. The van der Waals surface area contributed by atoms with Gasteiger partial charge in [-0.15, -0.1) is 20.4 Å². The SMILES string of the molecule is Cc1ccn(-c2ccc(NCc3nnc(C4CC4)n3C3CC3)nn2)n1. The van der Waals surface area contributed by atoms with Crippen LogP contribution in [0.2, 0.25) is 0 Å². The zero-order chi connectivity index (χ0) is 16.8. The largest absolute Gasteiger partial charge is 0.361 e. The second-order valence-corrected chi connectivity index (χ2v) is 6.88. The summed E-state index contributed by atoms with van der Waals surface area (Å²) in [5.41, 5.74) is 0.954. The number of aryl methyl sites for hydroxylation is 1. The summed E-state index contributed by atoms with van der Waals surface area (Å²) in [5.74, 6) is 4.23. The molecule has 5 rings (SSSR count). The molecule has 1 N–H and O–H groups in total. The van der Waals surface area contributed by atoms with Crippen molar-refractivity contribution in [1.82, 2.24) is 34.7 Å². The number of rotatable bonds is 6. The average Bonchev–Trinajstić information content (AvgIpc) is 3.56. The molecule has 0 unspecified atom stereocenters. The number of hydrogen-bond acceptors (Lipinski definition) is 6. The smallest absolute Gasteiger partial charge is 0.175 e. The van der Waals surface area contributed by atoms with Crippen LogP contribution in [0.1, 0.15) is 55.0 Å². The molecule has 0 saturated heterocycles. The highest BCUT2D eigenvalue weighted by Gasteiger charge is 2.36. The first-order valence-corrected chi connectivity index (χ1v) is 8.82. The van der Waals surface area contributed by atoms with Crippen LogP contribution in [0.15, 0.2) is 24.4 Å². The molecule has 8 heteroatoms. The summed E-state index contributed by atoms with van der Waals surface area (Å²) in [4.78, 5) is 0. The second kappa shape index (κ2) is 5.65. The molecule has 3 aromatic rings. The summed E-state index contributed by atoms with van der Waals surface area (Å²) in [6.45, 7) is 2.57. The minimum Gasteiger partial charge on any atom is -0.361 e. The molecule has 0 radical (unpaired) electrons. The van der Waals surface area contributed by atoms with E-state index >= 15 is 0 Å². The molecule has 0 atom stereocenters. The number of hydrogen-bond donors (Lipinski definition) is 1. The van der Waals surface area contributed by atoms with Crippen molar-refractivity contribution in [2.45, 2.75) is 51.1 Å². The first kappa shape index (κ1) is 14.6. The van der Waals surface area contributed by atoms with Gasteiger partial charge in [0.2, 0.25) is 0 Å². The molecule has 0 aliphatic heterocycles. The van der Waals surface area contributed by atoms with E-state index in [0.717, 1.165) is 17.3 Å². The van der Waals surface area contributed by atoms with E-state index in [9.17, 15) is 0 Å². The van der Waals surface area contributed by atoms with Gasteiger partial charge in [-0.25, -0.2) is 4.68 Å². The van der Waals surface area contributed by atoms with Crippen LogP contribution in [-0.4, -0.2) is 34.7 Å². The molecule has 25 heavy (non-hydrogen) atoms. The van der Waals surface area contributed by atoms with Crippen LogP contribution in [0.25, 0.3) is 5.82 Å². The Hall–Kier alpha value is -2.77. The third-order valence-corrected chi connectivity index (χ3v) is 4.68. The summed E-state index contributed by atoms with van der Waals surface area (Å²) in [5, 5.41) is 25.0. The van der Waals surface area contributed by atoms with Gasteiger partial charge in [-0.3, -0.25) is 0 Å². The van der Waals surface area contributed by atoms with E-state index in [0.29, 0.717) is 24.3 Å². The summed E-state index contributed by atoms with van der Waals surface area (Å²) in [6.07, 6.45) is 6.85. The van der Waals surface area contributed by atoms with Crippen molar-refractivity contribution >= 4 is 5.82 Å². The Morgan fingerprint density at radius 1 is 1.04 bits per heavy atom. The Morgan fingerprint density at radius 3 is 2.56 bits per heavy atom. The maximum atomic E-state index is 4.43. The van der Waals surface area contributed by atoms with Crippen molar-refractivity contribution in [2.75, 3.05) is 5.32 Å². The van der Waals surface area contributed by atoms with Gasteiger partial charge in [0.1, 0.15) is 11.6 Å².